The summed E-state index contributed by atoms with van der Waals surface area (Å²) in [4.78, 5) is 19.3. The Bertz CT molecular complexity index is 640. The van der Waals surface area contributed by atoms with E-state index in [1.54, 1.807) is 18.4 Å². The number of methoxy groups -OCH3 is 1. The highest BCUT2D eigenvalue weighted by molar-refractivity contribution is 7.18. The molecule has 0 radical (unpaired) electrons. The zero-order valence-corrected chi connectivity index (χ0v) is 14.4. The number of thiazole rings is 1. The van der Waals surface area contributed by atoms with E-state index in [-0.39, 0.29) is 18.1 Å². The van der Waals surface area contributed by atoms with Gasteiger partial charge in [0.2, 0.25) is 0 Å². The van der Waals surface area contributed by atoms with Crippen molar-refractivity contribution in [3.05, 3.63) is 29.3 Å². The van der Waals surface area contributed by atoms with Gasteiger partial charge in [-0.15, -0.1) is 11.3 Å². The van der Waals surface area contributed by atoms with Crippen molar-refractivity contribution >= 4 is 27.6 Å². The van der Waals surface area contributed by atoms with Crippen LogP contribution in [-0.2, 0) is 4.74 Å². The Morgan fingerprint density at radius 3 is 3.09 bits per heavy atom. The number of para-hydroxylation sites is 1. The summed E-state index contributed by atoms with van der Waals surface area (Å²) in [7, 11) is 1.65. The van der Waals surface area contributed by atoms with Crippen molar-refractivity contribution in [3.8, 4) is 0 Å². The molecule has 2 heterocycles. The van der Waals surface area contributed by atoms with Gasteiger partial charge in [0, 0.05) is 13.7 Å². The van der Waals surface area contributed by atoms with Crippen LogP contribution in [-0.4, -0.2) is 42.2 Å². The summed E-state index contributed by atoms with van der Waals surface area (Å²) in [5.74, 6) is 0. The SMILES string of the molecule is COC[C@@H](C)NC(=O)N1CCCC[C@H]1c1nc2ccccc2s1. The number of nitrogens with zero attached hydrogens (tertiary/aromatic N) is 2. The van der Waals surface area contributed by atoms with Crippen LogP contribution in [0.15, 0.2) is 24.3 Å². The monoisotopic (exact) mass is 333 g/mol. The fourth-order valence-electron chi connectivity index (χ4n) is 3.05. The van der Waals surface area contributed by atoms with Gasteiger partial charge in [-0.1, -0.05) is 12.1 Å². The molecule has 1 saturated heterocycles. The minimum atomic E-state index is -0.0153. The number of benzene rings is 1. The number of likely N-dealkylation sites (tertiary alicyclic amines) is 1. The lowest BCUT2D eigenvalue weighted by atomic mass is 10.0. The Morgan fingerprint density at radius 2 is 2.30 bits per heavy atom. The lowest BCUT2D eigenvalue weighted by Crippen LogP contribution is -2.48. The van der Waals surface area contributed by atoms with Crippen molar-refractivity contribution in [2.45, 2.75) is 38.3 Å². The van der Waals surface area contributed by atoms with Crippen molar-refractivity contribution in [2.24, 2.45) is 0 Å². The molecule has 124 valence electrons. The molecule has 0 unspecified atom stereocenters. The maximum atomic E-state index is 12.6. The number of aromatic nitrogens is 1. The Balaban J connectivity index is 1.79. The number of hydrogen-bond acceptors (Lipinski definition) is 4. The molecular weight excluding hydrogens is 310 g/mol. The van der Waals surface area contributed by atoms with Crippen molar-refractivity contribution in [2.75, 3.05) is 20.3 Å². The second-order valence-corrected chi connectivity index (χ2v) is 7.09. The first-order chi connectivity index (χ1) is 11.2. The molecule has 0 spiro atoms. The van der Waals surface area contributed by atoms with Crippen LogP contribution in [0.4, 0.5) is 4.79 Å². The summed E-state index contributed by atoms with van der Waals surface area (Å²) in [6.45, 7) is 3.26. The predicted molar refractivity (Wildman–Crippen MR) is 92.8 cm³/mol. The highest BCUT2D eigenvalue weighted by Gasteiger charge is 2.30. The summed E-state index contributed by atoms with van der Waals surface area (Å²) < 4.78 is 6.28. The van der Waals surface area contributed by atoms with Crippen LogP contribution in [0.2, 0.25) is 0 Å². The Kier molecular flexibility index (Phi) is 5.13. The van der Waals surface area contributed by atoms with Gasteiger partial charge in [-0.25, -0.2) is 9.78 Å². The van der Waals surface area contributed by atoms with Gasteiger partial charge in [0.05, 0.1) is 28.9 Å². The average Bonchev–Trinajstić information content (AvgIpc) is 2.99. The molecule has 1 aliphatic heterocycles. The number of fused-ring (bicyclic) bond motifs is 1. The molecule has 2 aromatic rings. The molecule has 6 heteroatoms. The van der Waals surface area contributed by atoms with Crippen molar-refractivity contribution in [1.29, 1.82) is 0 Å². The third kappa shape index (κ3) is 3.64. The highest BCUT2D eigenvalue weighted by Crippen LogP contribution is 2.35. The molecule has 2 atom stereocenters. The quantitative estimate of drug-likeness (QED) is 0.930. The second kappa shape index (κ2) is 7.27. The van der Waals surface area contributed by atoms with Gasteiger partial charge in [0.15, 0.2) is 0 Å². The number of piperidine rings is 1. The van der Waals surface area contributed by atoms with Gasteiger partial charge in [-0.05, 0) is 38.3 Å². The van der Waals surface area contributed by atoms with Gasteiger partial charge in [0.25, 0.3) is 0 Å². The van der Waals surface area contributed by atoms with E-state index in [0.717, 1.165) is 36.3 Å². The standard InChI is InChI=1S/C17H23N3O2S/c1-12(11-22-2)18-17(21)20-10-6-5-8-14(20)16-19-13-7-3-4-9-15(13)23-16/h3-4,7,9,12,14H,5-6,8,10-11H2,1-2H3,(H,18,21)/t12-,14+/m1/s1. The average molecular weight is 333 g/mol. The topological polar surface area (TPSA) is 54.5 Å². The van der Waals surface area contributed by atoms with E-state index in [2.05, 4.69) is 11.4 Å². The number of amides is 2. The first-order valence-corrected chi connectivity index (χ1v) is 8.92. The number of carbonyl (C=O) groups is 1. The normalized spacial score (nSPS) is 19.7. The molecule has 1 N–H and O–H groups in total. The number of urea groups is 1. The summed E-state index contributed by atoms with van der Waals surface area (Å²) >= 11 is 1.70. The smallest absolute Gasteiger partial charge is 0.318 e. The van der Waals surface area contributed by atoms with Crippen LogP contribution in [0.3, 0.4) is 0 Å². The molecule has 3 rings (SSSR count). The van der Waals surface area contributed by atoms with Gasteiger partial charge < -0.3 is 15.0 Å². The summed E-state index contributed by atoms with van der Waals surface area (Å²) in [5, 5.41) is 4.06. The zero-order valence-electron chi connectivity index (χ0n) is 13.6. The minimum absolute atomic E-state index is 0.00504. The van der Waals surface area contributed by atoms with E-state index in [9.17, 15) is 4.79 Å². The van der Waals surface area contributed by atoms with Gasteiger partial charge in [0.1, 0.15) is 5.01 Å². The fourth-order valence-corrected chi connectivity index (χ4v) is 4.16. The Hall–Kier alpha value is -1.66. The van der Waals surface area contributed by atoms with E-state index < -0.39 is 0 Å². The summed E-state index contributed by atoms with van der Waals surface area (Å²) in [6.07, 6.45) is 3.16. The number of rotatable bonds is 4. The molecule has 1 aromatic heterocycles. The molecule has 1 fully saturated rings. The summed E-state index contributed by atoms with van der Waals surface area (Å²) in [6, 6.07) is 8.22. The van der Waals surface area contributed by atoms with E-state index in [4.69, 9.17) is 9.72 Å². The van der Waals surface area contributed by atoms with E-state index >= 15 is 0 Å². The van der Waals surface area contributed by atoms with Gasteiger partial charge >= 0.3 is 6.03 Å². The van der Waals surface area contributed by atoms with Crippen LogP contribution in [0.25, 0.3) is 10.2 Å². The Morgan fingerprint density at radius 1 is 1.48 bits per heavy atom. The highest BCUT2D eigenvalue weighted by atomic mass is 32.1. The van der Waals surface area contributed by atoms with Crippen LogP contribution in [0, 0.1) is 0 Å². The maximum Gasteiger partial charge on any atom is 0.318 e. The van der Waals surface area contributed by atoms with Crippen LogP contribution < -0.4 is 5.32 Å². The fraction of sp³-hybridized carbons (Fsp3) is 0.529. The third-order valence-electron chi connectivity index (χ3n) is 4.15. The number of nitrogens with one attached hydrogen (secondary N) is 1. The van der Waals surface area contributed by atoms with Crippen molar-refractivity contribution in [1.82, 2.24) is 15.2 Å². The van der Waals surface area contributed by atoms with Gasteiger partial charge in [-0.3, -0.25) is 0 Å². The molecular formula is C17H23N3O2S. The lowest BCUT2D eigenvalue weighted by molar-refractivity contribution is 0.135. The first-order valence-electron chi connectivity index (χ1n) is 8.10. The van der Waals surface area contributed by atoms with Crippen LogP contribution >= 0.6 is 11.3 Å². The van der Waals surface area contributed by atoms with E-state index in [0.29, 0.717) is 6.61 Å². The predicted octanol–water partition coefficient (Wildman–Crippen LogP) is 3.57. The first kappa shape index (κ1) is 16.2. The van der Waals surface area contributed by atoms with Crippen LogP contribution in [0.1, 0.15) is 37.2 Å². The Labute approximate surface area is 140 Å². The summed E-state index contributed by atoms with van der Waals surface area (Å²) in [5.41, 5.74) is 1.02. The van der Waals surface area contributed by atoms with Crippen molar-refractivity contribution in [3.63, 3.8) is 0 Å². The molecule has 0 aliphatic carbocycles. The molecule has 1 aliphatic rings. The minimum Gasteiger partial charge on any atom is -0.383 e. The van der Waals surface area contributed by atoms with Gasteiger partial charge in [-0.2, -0.15) is 0 Å². The number of carbonyl (C=O) groups excluding carboxylic acids is 1. The largest absolute Gasteiger partial charge is 0.383 e. The molecule has 5 nitrogen and oxygen atoms in total. The van der Waals surface area contributed by atoms with Crippen molar-refractivity contribution < 1.29 is 9.53 Å². The molecule has 1 aromatic carbocycles. The van der Waals surface area contributed by atoms with E-state index in [1.165, 1.54) is 4.70 Å². The number of hydrogen-bond donors (Lipinski definition) is 1. The molecule has 0 bridgehead atoms. The maximum absolute atomic E-state index is 12.6. The second-order valence-electron chi connectivity index (χ2n) is 6.03. The number of ether oxygens (including phenoxy) is 1. The lowest BCUT2D eigenvalue weighted by Gasteiger charge is -2.35. The van der Waals surface area contributed by atoms with E-state index in [1.807, 2.05) is 30.0 Å². The molecule has 2 amide bonds. The molecule has 0 saturated carbocycles. The van der Waals surface area contributed by atoms with Crippen LogP contribution in [0.5, 0.6) is 0 Å². The third-order valence-corrected chi connectivity index (χ3v) is 5.28. The zero-order chi connectivity index (χ0) is 16.2. The molecule has 23 heavy (non-hydrogen) atoms.